The minimum atomic E-state index is 0.310. The van der Waals surface area contributed by atoms with Gasteiger partial charge in [-0.1, -0.05) is 26.0 Å². The van der Waals surface area contributed by atoms with Crippen molar-refractivity contribution in [2.45, 2.75) is 33.1 Å². The van der Waals surface area contributed by atoms with Crippen LogP contribution in [0.3, 0.4) is 0 Å². The van der Waals surface area contributed by atoms with Crippen molar-refractivity contribution in [3.8, 4) is 0 Å². The Morgan fingerprint density at radius 2 is 1.81 bits per heavy atom. The van der Waals surface area contributed by atoms with Crippen molar-refractivity contribution >= 4 is 11.5 Å². The monoisotopic (exact) mass is 219 g/mol. The van der Waals surface area contributed by atoms with E-state index < -0.39 is 0 Å². The molecule has 0 aliphatic carbocycles. The van der Waals surface area contributed by atoms with Gasteiger partial charge in [0.1, 0.15) is 0 Å². The highest BCUT2D eigenvalue weighted by Crippen LogP contribution is 2.14. The predicted octanol–water partition coefficient (Wildman–Crippen LogP) is 3.05. The summed E-state index contributed by atoms with van der Waals surface area (Å²) in [6, 6.07) is 8.41. The van der Waals surface area contributed by atoms with Gasteiger partial charge in [0, 0.05) is 19.2 Å². The fourth-order valence-corrected chi connectivity index (χ4v) is 1.70. The summed E-state index contributed by atoms with van der Waals surface area (Å²) in [5, 5.41) is 0. The molecule has 0 saturated carbocycles. The number of hydrogen-bond acceptors (Lipinski definition) is 2. The van der Waals surface area contributed by atoms with Gasteiger partial charge in [0.15, 0.2) is 5.78 Å². The van der Waals surface area contributed by atoms with Gasteiger partial charge in [-0.3, -0.25) is 4.79 Å². The summed E-state index contributed by atoms with van der Waals surface area (Å²) in [6.45, 7) is 4.69. The Balaban J connectivity index is 2.58. The van der Waals surface area contributed by atoms with Crippen LogP contribution in [0.1, 0.15) is 32.3 Å². The van der Waals surface area contributed by atoms with Gasteiger partial charge in [0.2, 0.25) is 0 Å². The second-order valence-corrected chi connectivity index (χ2v) is 4.16. The minimum absolute atomic E-state index is 0.310. The number of hydrogen-bond donors (Lipinski definition) is 0. The molecular formula is C14H21NO. The van der Waals surface area contributed by atoms with Gasteiger partial charge in [-0.2, -0.15) is 0 Å². The Morgan fingerprint density at radius 1 is 1.19 bits per heavy atom. The topological polar surface area (TPSA) is 20.3 Å². The Hall–Kier alpha value is -1.31. The predicted molar refractivity (Wildman–Crippen MR) is 69.0 cm³/mol. The average molecular weight is 219 g/mol. The summed E-state index contributed by atoms with van der Waals surface area (Å²) in [5.41, 5.74) is 2.44. The molecule has 0 bridgehead atoms. The zero-order valence-electron chi connectivity index (χ0n) is 10.5. The highest BCUT2D eigenvalue weighted by molar-refractivity contribution is 5.83. The number of anilines is 1. The van der Waals surface area contributed by atoms with Gasteiger partial charge < -0.3 is 4.90 Å². The number of aryl methyl sites for hydroxylation is 1. The first-order valence-corrected chi connectivity index (χ1v) is 5.99. The first-order valence-electron chi connectivity index (χ1n) is 5.99. The van der Waals surface area contributed by atoms with E-state index in [-0.39, 0.29) is 0 Å². The largest absolute Gasteiger partial charge is 0.367 e. The second-order valence-electron chi connectivity index (χ2n) is 4.16. The molecule has 1 aromatic carbocycles. The van der Waals surface area contributed by atoms with Gasteiger partial charge in [-0.25, -0.2) is 0 Å². The summed E-state index contributed by atoms with van der Waals surface area (Å²) < 4.78 is 0. The maximum atomic E-state index is 11.5. The molecule has 0 unspecified atom stereocenters. The van der Waals surface area contributed by atoms with Crippen LogP contribution in [-0.4, -0.2) is 19.4 Å². The molecule has 0 aliphatic heterocycles. The molecule has 0 amide bonds. The van der Waals surface area contributed by atoms with Gasteiger partial charge >= 0.3 is 0 Å². The minimum Gasteiger partial charge on any atom is -0.367 e. The van der Waals surface area contributed by atoms with Crippen molar-refractivity contribution in [2.24, 2.45) is 0 Å². The fourth-order valence-electron chi connectivity index (χ4n) is 1.70. The van der Waals surface area contributed by atoms with E-state index in [9.17, 15) is 4.79 Å². The lowest BCUT2D eigenvalue weighted by molar-refractivity contribution is -0.117. The number of Topliss-reactive ketones (excluding diaryl/α,β-unsaturated/α-hetero) is 1. The fraction of sp³-hybridized carbons (Fsp3) is 0.500. The highest BCUT2D eigenvalue weighted by Gasteiger charge is 2.06. The molecule has 0 radical (unpaired) electrons. The molecule has 0 aliphatic rings. The van der Waals surface area contributed by atoms with E-state index in [0.717, 1.165) is 18.5 Å². The lowest BCUT2D eigenvalue weighted by Crippen LogP contribution is -2.25. The van der Waals surface area contributed by atoms with Crippen LogP contribution in [0.25, 0.3) is 0 Å². The molecule has 0 atom stereocenters. The molecule has 2 nitrogen and oxygen atoms in total. The van der Waals surface area contributed by atoms with Crippen molar-refractivity contribution in [2.75, 3.05) is 18.5 Å². The van der Waals surface area contributed by atoms with Crippen molar-refractivity contribution in [3.63, 3.8) is 0 Å². The molecule has 0 spiro atoms. The third-order valence-corrected chi connectivity index (χ3v) is 2.73. The lowest BCUT2D eigenvalue weighted by Gasteiger charge is -2.18. The Morgan fingerprint density at radius 3 is 2.31 bits per heavy atom. The van der Waals surface area contributed by atoms with Crippen molar-refractivity contribution < 1.29 is 4.79 Å². The van der Waals surface area contributed by atoms with E-state index in [4.69, 9.17) is 0 Å². The van der Waals surface area contributed by atoms with E-state index >= 15 is 0 Å². The molecule has 2 heteroatoms. The van der Waals surface area contributed by atoms with E-state index in [1.54, 1.807) is 0 Å². The molecule has 1 aromatic rings. The molecular weight excluding hydrogens is 198 g/mol. The van der Waals surface area contributed by atoms with Crippen LogP contribution >= 0.6 is 0 Å². The number of nitrogens with zero attached hydrogens (tertiary/aromatic N) is 1. The number of rotatable bonds is 6. The van der Waals surface area contributed by atoms with Crippen LogP contribution in [-0.2, 0) is 11.2 Å². The lowest BCUT2D eigenvalue weighted by atomic mass is 10.1. The summed E-state index contributed by atoms with van der Waals surface area (Å²) in [7, 11) is 1.97. The van der Waals surface area contributed by atoms with E-state index in [1.165, 1.54) is 5.56 Å². The molecule has 0 N–H and O–H groups in total. The number of carbonyl (C=O) groups excluding carboxylic acids is 1. The quantitative estimate of drug-likeness (QED) is 0.733. The maximum absolute atomic E-state index is 11.5. The molecule has 0 heterocycles. The van der Waals surface area contributed by atoms with E-state index in [1.807, 2.05) is 18.9 Å². The number of likely N-dealkylation sites (N-methyl/N-ethyl adjacent to an activating group) is 1. The van der Waals surface area contributed by atoms with Gasteiger partial charge in [0.05, 0.1) is 6.54 Å². The maximum Gasteiger partial charge on any atom is 0.152 e. The third kappa shape index (κ3) is 3.69. The van der Waals surface area contributed by atoms with Crippen molar-refractivity contribution in [3.05, 3.63) is 29.8 Å². The molecule has 16 heavy (non-hydrogen) atoms. The van der Waals surface area contributed by atoms with E-state index in [0.29, 0.717) is 18.7 Å². The summed E-state index contributed by atoms with van der Waals surface area (Å²) >= 11 is 0. The van der Waals surface area contributed by atoms with Crippen molar-refractivity contribution in [1.29, 1.82) is 0 Å². The number of carbonyl (C=O) groups is 1. The van der Waals surface area contributed by atoms with Crippen LogP contribution in [0.2, 0.25) is 0 Å². The Kier molecular flexibility index (Phi) is 5.03. The first-order chi connectivity index (χ1) is 7.67. The van der Waals surface area contributed by atoms with Crippen molar-refractivity contribution in [1.82, 2.24) is 0 Å². The zero-order valence-corrected chi connectivity index (χ0v) is 10.5. The SMILES string of the molecule is CCCC(=O)CN(C)c1ccc(CC)cc1. The normalized spacial score (nSPS) is 10.2. The Bertz CT molecular complexity index is 329. The standard InChI is InChI=1S/C14H21NO/c1-4-6-14(16)11-15(3)13-9-7-12(5-2)8-10-13/h7-10H,4-6,11H2,1-3H3. The molecule has 1 rings (SSSR count). The van der Waals surface area contributed by atoms with Crippen LogP contribution in [0.15, 0.2) is 24.3 Å². The Labute approximate surface area is 98.3 Å². The smallest absolute Gasteiger partial charge is 0.152 e. The molecule has 0 aromatic heterocycles. The highest BCUT2D eigenvalue weighted by atomic mass is 16.1. The average Bonchev–Trinajstić information content (AvgIpc) is 2.29. The second kappa shape index (κ2) is 6.31. The van der Waals surface area contributed by atoms with Crippen LogP contribution < -0.4 is 4.90 Å². The first kappa shape index (κ1) is 12.8. The van der Waals surface area contributed by atoms with E-state index in [2.05, 4.69) is 31.2 Å². The van der Waals surface area contributed by atoms with Crippen LogP contribution in [0.4, 0.5) is 5.69 Å². The van der Waals surface area contributed by atoms with Gasteiger partial charge in [-0.15, -0.1) is 0 Å². The van der Waals surface area contributed by atoms with Gasteiger partial charge in [0.25, 0.3) is 0 Å². The summed E-state index contributed by atoms with van der Waals surface area (Å²) in [6.07, 6.45) is 2.66. The van der Waals surface area contributed by atoms with Crippen LogP contribution in [0, 0.1) is 0 Å². The summed E-state index contributed by atoms with van der Waals surface area (Å²) in [4.78, 5) is 13.5. The molecule has 0 fully saturated rings. The third-order valence-electron chi connectivity index (χ3n) is 2.73. The van der Waals surface area contributed by atoms with Gasteiger partial charge in [-0.05, 0) is 30.5 Å². The molecule has 0 saturated heterocycles. The summed E-state index contributed by atoms with van der Waals surface area (Å²) in [5.74, 6) is 0.310. The molecule has 88 valence electrons. The zero-order chi connectivity index (χ0) is 12.0. The number of benzene rings is 1. The number of ketones is 1. The van der Waals surface area contributed by atoms with Crippen LogP contribution in [0.5, 0.6) is 0 Å².